The Kier molecular flexibility index (Phi) is 2.00. The summed E-state index contributed by atoms with van der Waals surface area (Å²) < 4.78 is 1.36. The maximum absolute atomic E-state index is 5.93. The molecule has 2 aromatic rings. The lowest BCUT2D eigenvalue weighted by Gasteiger charge is -2.06. The fourth-order valence-electron chi connectivity index (χ4n) is 1.79. The number of nitrogens with two attached hydrogens (primary N) is 1. The summed E-state index contributed by atoms with van der Waals surface area (Å²) in [5.41, 5.74) is 9.60. The van der Waals surface area contributed by atoms with Gasteiger partial charge in [-0.1, -0.05) is 6.92 Å². The summed E-state index contributed by atoms with van der Waals surface area (Å²) in [5.74, 6) is 0. The summed E-state index contributed by atoms with van der Waals surface area (Å²) >= 11 is 1.79. The van der Waals surface area contributed by atoms with E-state index in [9.17, 15) is 0 Å². The Morgan fingerprint density at radius 1 is 1.46 bits per heavy atom. The lowest BCUT2D eigenvalue weighted by Crippen LogP contribution is -1.92. The number of hydrogen-bond donors (Lipinski definition) is 1. The summed E-state index contributed by atoms with van der Waals surface area (Å²) in [6.45, 7) is 4.33. The van der Waals surface area contributed by atoms with E-state index < -0.39 is 0 Å². The van der Waals surface area contributed by atoms with Gasteiger partial charge in [0.2, 0.25) is 0 Å². The number of fused-ring (bicyclic) bond motifs is 1. The molecule has 2 N–H and O–H groups in total. The van der Waals surface area contributed by atoms with Crippen molar-refractivity contribution in [1.82, 2.24) is 0 Å². The first kappa shape index (κ1) is 8.57. The quantitative estimate of drug-likeness (QED) is 0.687. The number of nitrogen functional groups attached to an aromatic ring is 1. The lowest BCUT2D eigenvalue weighted by molar-refractivity contribution is 1.13. The zero-order chi connectivity index (χ0) is 9.42. The summed E-state index contributed by atoms with van der Waals surface area (Å²) in [4.78, 5) is 0. The molecule has 0 aliphatic heterocycles. The molecule has 0 atom stereocenters. The van der Waals surface area contributed by atoms with E-state index in [1.807, 2.05) is 0 Å². The van der Waals surface area contributed by atoms with Crippen molar-refractivity contribution in [2.75, 3.05) is 5.73 Å². The number of aryl methyl sites for hydroxylation is 2. The summed E-state index contributed by atoms with van der Waals surface area (Å²) in [5, 5.41) is 3.33. The van der Waals surface area contributed by atoms with Crippen LogP contribution < -0.4 is 5.73 Å². The smallest absolute Gasteiger partial charge is 0.0405 e. The molecule has 0 spiro atoms. The average molecular weight is 191 g/mol. The van der Waals surface area contributed by atoms with Gasteiger partial charge in [0.1, 0.15) is 0 Å². The first-order valence-corrected chi connectivity index (χ1v) is 5.37. The second kappa shape index (κ2) is 3.04. The lowest BCUT2D eigenvalue weighted by atomic mass is 10.0. The Balaban J connectivity index is 2.88. The Labute approximate surface area is 82.2 Å². The molecular formula is C11H13NS. The fourth-order valence-corrected chi connectivity index (χ4v) is 2.89. The van der Waals surface area contributed by atoms with Gasteiger partial charge < -0.3 is 5.73 Å². The molecule has 1 aromatic heterocycles. The Morgan fingerprint density at radius 3 is 2.92 bits per heavy atom. The van der Waals surface area contributed by atoms with Crippen LogP contribution in [0, 0.1) is 6.92 Å². The maximum Gasteiger partial charge on any atom is 0.0405 e. The normalized spacial score (nSPS) is 10.9. The van der Waals surface area contributed by atoms with Crippen molar-refractivity contribution in [2.24, 2.45) is 0 Å². The second-order valence-corrected chi connectivity index (χ2v) is 4.19. The van der Waals surface area contributed by atoms with Crippen LogP contribution in [0.2, 0.25) is 0 Å². The van der Waals surface area contributed by atoms with Gasteiger partial charge in [0, 0.05) is 15.8 Å². The molecule has 1 aromatic carbocycles. The molecule has 0 bridgehead atoms. The van der Waals surface area contributed by atoms with E-state index >= 15 is 0 Å². The molecule has 0 saturated carbocycles. The predicted octanol–water partition coefficient (Wildman–Crippen LogP) is 3.35. The van der Waals surface area contributed by atoms with Crippen LogP contribution >= 0.6 is 11.3 Å². The van der Waals surface area contributed by atoms with Crippen LogP contribution in [0.25, 0.3) is 10.1 Å². The van der Waals surface area contributed by atoms with Crippen LogP contribution in [-0.2, 0) is 6.42 Å². The van der Waals surface area contributed by atoms with Gasteiger partial charge in [-0.25, -0.2) is 0 Å². The molecule has 0 aliphatic rings. The summed E-state index contributed by atoms with van der Waals surface area (Å²) in [6.07, 6.45) is 1.09. The van der Waals surface area contributed by atoms with Gasteiger partial charge in [-0.15, -0.1) is 11.3 Å². The van der Waals surface area contributed by atoms with Gasteiger partial charge in [0.25, 0.3) is 0 Å². The number of thiophene rings is 1. The molecule has 1 heterocycles. The van der Waals surface area contributed by atoms with Crippen molar-refractivity contribution in [2.45, 2.75) is 20.3 Å². The van der Waals surface area contributed by atoms with Crippen molar-refractivity contribution in [3.8, 4) is 0 Å². The molecule has 68 valence electrons. The third-order valence-electron chi connectivity index (χ3n) is 2.45. The fraction of sp³-hybridized carbons (Fsp3) is 0.273. The van der Waals surface area contributed by atoms with Gasteiger partial charge in [-0.2, -0.15) is 0 Å². The molecular weight excluding hydrogens is 178 g/mol. The van der Waals surface area contributed by atoms with E-state index in [1.165, 1.54) is 21.2 Å². The predicted molar refractivity (Wildman–Crippen MR) is 60.4 cm³/mol. The van der Waals surface area contributed by atoms with Gasteiger partial charge in [0.15, 0.2) is 0 Å². The van der Waals surface area contributed by atoms with Gasteiger partial charge >= 0.3 is 0 Å². The summed E-state index contributed by atoms with van der Waals surface area (Å²) in [6, 6.07) is 4.18. The number of anilines is 1. The second-order valence-electron chi connectivity index (χ2n) is 3.28. The number of benzene rings is 1. The Hall–Kier alpha value is -1.02. The van der Waals surface area contributed by atoms with Gasteiger partial charge in [0.05, 0.1) is 0 Å². The molecule has 0 aliphatic carbocycles. The van der Waals surface area contributed by atoms with Crippen LogP contribution in [0.5, 0.6) is 0 Å². The number of hydrogen-bond acceptors (Lipinski definition) is 2. The molecule has 0 unspecified atom stereocenters. The average Bonchev–Trinajstić information content (AvgIpc) is 2.53. The molecule has 0 amide bonds. The Morgan fingerprint density at radius 2 is 2.23 bits per heavy atom. The van der Waals surface area contributed by atoms with E-state index in [0.717, 1.165) is 12.1 Å². The van der Waals surface area contributed by atoms with E-state index in [1.54, 1.807) is 11.3 Å². The minimum Gasteiger partial charge on any atom is -0.398 e. The standard InChI is InChI=1S/C11H13NS/c1-3-8-7(2)6-10(12)9-4-5-13-11(8)9/h4-6H,3,12H2,1-2H3. The molecule has 0 radical (unpaired) electrons. The first-order chi connectivity index (χ1) is 6.24. The van der Waals surface area contributed by atoms with E-state index in [2.05, 4.69) is 31.4 Å². The highest BCUT2D eigenvalue weighted by Crippen LogP contribution is 2.32. The van der Waals surface area contributed by atoms with Crippen molar-refractivity contribution in [1.29, 1.82) is 0 Å². The monoisotopic (exact) mass is 191 g/mol. The third kappa shape index (κ3) is 1.22. The zero-order valence-corrected chi connectivity index (χ0v) is 8.74. The molecule has 0 saturated heterocycles. The Bertz CT molecular complexity index is 443. The van der Waals surface area contributed by atoms with Crippen molar-refractivity contribution in [3.63, 3.8) is 0 Å². The molecule has 13 heavy (non-hydrogen) atoms. The van der Waals surface area contributed by atoms with Crippen LogP contribution in [0.4, 0.5) is 5.69 Å². The van der Waals surface area contributed by atoms with Crippen LogP contribution in [-0.4, -0.2) is 0 Å². The molecule has 2 heteroatoms. The first-order valence-electron chi connectivity index (χ1n) is 4.49. The van der Waals surface area contributed by atoms with Gasteiger partial charge in [-0.3, -0.25) is 0 Å². The zero-order valence-electron chi connectivity index (χ0n) is 7.92. The highest BCUT2D eigenvalue weighted by molar-refractivity contribution is 7.17. The third-order valence-corrected chi connectivity index (χ3v) is 3.43. The minimum atomic E-state index is 0.908. The van der Waals surface area contributed by atoms with Crippen molar-refractivity contribution >= 4 is 27.1 Å². The minimum absolute atomic E-state index is 0.908. The van der Waals surface area contributed by atoms with Crippen LogP contribution in [0.15, 0.2) is 17.5 Å². The van der Waals surface area contributed by atoms with Crippen molar-refractivity contribution in [3.05, 3.63) is 28.6 Å². The van der Waals surface area contributed by atoms with Crippen molar-refractivity contribution < 1.29 is 0 Å². The number of rotatable bonds is 1. The van der Waals surface area contributed by atoms with Crippen LogP contribution in [0.1, 0.15) is 18.1 Å². The topological polar surface area (TPSA) is 26.0 Å². The summed E-state index contributed by atoms with van der Waals surface area (Å²) in [7, 11) is 0. The van der Waals surface area contributed by atoms with E-state index in [0.29, 0.717) is 0 Å². The molecule has 2 rings (SSSR count). The van der Waals surface area contributed by atoms with E-state index in [-0.39, 0.29) is 0 Å². The highest BCUT2D eigenvalue weighted by Gasteiger charge is 2.06. The largest absolute Gasteiger partial charge is 0.398 e. The maximum atomic E-state index is 5.93. The molecule has 0 fully saturated rings. The molecule has 1 nitrogen and oxygen atoms in total. The van der Waals surface area contributed by atoms with E-state index in [4.69, 9.17) is 5.73 Å². The highest BCUT2D eigenvalue weighted by atomic mass is 32.1. The van der Waals surface area contributed by atoms with Crippen LogP contribution in [0.3, 0.4) is 0 Å². The SMILES string of the molecule is CCc1c(C)cc(N)c2ccsc12. The van der Waals surface area contributed by atoms with Gasteiger partial charge in [-0.05, 0) is 42.0 Å².